The van der Waals surface area contributed by atoms with E-state index in [4.69, 9.17) is 15.3 Å². The zero-order valence-corrected chi connectivity index (χ0v) is 14.9. The minimum Gasteiger partial charge on any atom is -0.383 e. The lowest BCUT2D eigenvalue weighted by atomic mass is 10.1. The molecule has 2 aromatic rings. The lowest BCUT2D eigenvalue weighted by molar-refractivity contribution is -0.106. The first-order chi connectivity index (χ1) is 12.6. The number of anilines is 2. The van der Waals surface area contributed by atoms with Crippen LogP contribution in [-0.4, -0.2) is 60.4 Å². The number of amides is 1. The van der Waals surface area contributed by atoms with Crippen molar-refractivity contribution in [2.24, 2.45) is 0 Å². The Bertz CT molecular complexity index is 760. The van der Waals surface area contributed by atoms with E-state index >= 15 is 0 Å². The maximum absolute atomic E-state index is 12.7. The summed E-state index contributed by atoms with van der Waals surface area (Å²) in [7, 11) is 1.81. The molecule has 1 fully saturated rings. The number of ether oxygens (including phenoxy) is 1. The number of aromatic nitrogens is 2. The van der Waals surface area contributed by atoms with Gasteiger partial charge in [0.15, 0.2) is 0 Å². The van der Waals surface area contributed by atoms with Crippen LogP contribution in [0.2, 0.25) is 0 Å². The van der Waals surface area contributed by atoms with Gasteiger partial charge in [0.1, 0.15) is 17.9 Å². The standard InChI is InChI=1S/C16H19N5O2.C2H4O/c1-18-14-9-11(2-3-19-14)12-8-13(15(17)20-10-12)16(22)21-4-6-23-7-5-21;1-2-3/h2-3,8-10H,4-7H2,1H3,(H2,17,20)(H,18,19);2H,1H3. The second-order valence-electron chi connectivity index (χ2n) is 5.48. The molecule has 3 N–H and O–H groups in total. The molecule has 0 spiro atoms. The first-order valence-electron chi connectivity index (χ1n) is 8.27. The molecule has 0 saturated carbocycles. The molecule has 0 atom stereocenters. The van der Waals surface area contributed by atoms with Gasteiger partial charge in [0, 0.05) is 38.1 Å². The van der Waals surface area contributed by atoms with Gasteiger partial charge < -0.3 is 25.5 Å². The second kappa shape index (κ2) is 9.47. The maximum atomic E-state index is 12.7. The molecule has 1 amide bonds. The Morgan fingerprint density at radius 1 is 1.27 bits per heavy atom. The molecule has 8 heteroatoms. The zero-order valence-electron chi connectivity index (χ0n) is 14.9. The van der Waals surface area contributed by atoms with Crippen LogP contribution in [0.3, 0.4) is 0 Å². The van der Waals surface area contributed by atoms with E-state index in [2.05, 4.69) is 15.3 Å². The van der Waals surface area contributed by atoms with Crippen molar-refractivity contribution in [1.82, 2.24) is 14.9 Å². The van der Waals surface area contributed by atoms with Gasteiger partial charge in [-0.3, -0.25) is 4.79 Å². The molecule has 1 aliphatic heterocycles. The smallest absolute Gasteiger partial charge is 0.257 e. The van der Waals surface area contributed by atoms with Crippen LogP contribution in [0.4, 0.5) is 11.6 Å². The van der Waals surface area contributed by atoms with Gasteiger partial charge in [-0.25, -0.2) is 9.97 Å². The zero-order chi connectivity index (χ0) is 18.9. The highest BCUT2D eigenvalue weighted by Crippen LogP contribution is 2.24. The number of nitrogens with zero attached hydrogens (tertiary/aromatic N) is 3. The Hall–Kier alpha value is -3.00. The van der Waals surface area contributed by atoms with Crippen LogP contribution < -0.4 is 11.1 Å². The number of hydrogen-bond donors (Lipinski definition) is 2. The van der Waals surface area contributed by atoms with Crippen LogP contribution in [0.15, 0.2) is 30.6 Å². The molecule has 8 nitrogen and oxygen atoms in total. The third-order valence-electron chi connectivity index (χ3n) is 3.80. The first kappa shape index (κ1) is 19.3. The van der Waals surface area contributed by atoms with Crippen molar-refractivity contribution in [3.8, 4) is 11.1 Å². The van der Waals surface area contributed by atoms with Crippen LogP contribution in [0, 0.1) is 0 Å². The van der Waals surface area contributed by atoms with Gasteiger partial charge in [-0.1, -0.05) is 0 Å². The number of nitrogens with one attached hydrogen (secondary N) is 1. The molecule has 0 radical (unpaired) electrons. The van der Waals surface area contributed by atoms with Crippen molar-refractivity contribution in [2.75, 3.05) is 44.4 Å². The number of carbonyl (C=O) groups excluding carboxylic acids is 2. The van der Waals surface area contributed by atoms with E-state index in [9.17, 15) is 4.79 Å². The number of carbonyl (C=O) groups is 2. The molecule has 1 aliphatic rings. The van der Waals surface area contributed by atoms with Crippen LogP contribution in [0.1, 0.15) is 17.3 Å². The summed E-state index contributed by atoms with van der Waals surface area (Å²) in [5.74, 6) is 0.886. The largest absolute Gasteiger partial charge is 0.383 e. The van der Waals surface area contributed by atoms with Gasteiger partial charge in [0.2, 0.25) is 0 Å². The highest BCUT2D eigenvalue weighted by molar-refractivity contribution is 5.99. The number of nitrogens with two attached hydrogens (primary N) is 1. The molecule has 0 aliphatic carbocycles. The maximum Gasteiger partial charge on any atom is 0.257 e. The molecule has 3 rings (SSSR count). The fourth-order valence-corrected chi connectivity index (χ4v) is 2.49. The Labute approximate surface area is 152 Å². The summed E-state index contributed by atoms with van der Waals surface area (Å²) in [5.41, 5.74) is 8.09. The normalized spacial score (nSPS) is 13.4. The molecular formula is C18H23N5O3. The molecular weight excluding hydrogens is 334 g/mol. The van der Waals surface area contributed by atoms with E-state index < -0.39 is 0 Å². The molecule has 3 heterocycles. The quantitative estimate of drug-likeness (QED) is 0.800. The van der Waals surface area contributed by atoms with Crippen LogP contribution in [0.25, 0.3) is 11.1 Å². The SMILES string of the molecule is CC=O.CNc1cc(-c2cnc(N)c(C(=O)N3CCOCC3)c2)ccn1. The lowest BCUT2D eigenvalue weighted by Crippen LogP contribution is -2.41. The monoisotopic (exact) mass is 357 g/mol. The third-order valence-corrected chi connectivity index (χ3v) is 3.80. The minimum absolute atomic E-state index is 0.108. The van der Waals surface area contributed by atoms with Gasteiger partial charge in [-0.2, -0.15) is 0 Å². The van der Waals surface area contributed by atoms with E-state index in [1.165, 1.54) is 6.92 Å². The predicted octanol–water partition coefficient (Wildman–Crippen LogP) is 1.45. The summed E-state index contributed by atoms with van der Waals surface area (Å²) in [4.78, 5) is 31.6. The fourth-order valence-electron chi connectivity index (χ4n) is 2.49. The summed E-state index contributed by atoms with van der Waals surface area (Å²) in [6.45, 7) is 3.69. The Balaban J connectivity index is 0.000000758. The number of hydrogen-bond acceptors (Lipinski definition) is 7. The van der Waals surface area contributed by atoms with Crippen molar-refractivity contribution in [1.29, 1.82) is 0 Å². The average Bonchev–Trinajstić information content (AvgIpc) is 2.69. The lowest BCUT2D eigenvalue weighted by Gasteiger charge is -2.27. The Kier molecular flexibility index (Phi) is 7.04. The first-order valence-corrected chi connectivity index (χ1v) is 8.27. The number of nitrogen functional groups attached to an aromatic ring is 1. The summed E-state index contributed by atoms with van der Waals surface area (Å²) < 4.78 is 5.28. The summed E-state index contributed by atoms with van der Waals surface area (Å²) in [6, 6.07) is 5.56. The van der Waals surface area contributed by atoms with E-state index in [1.54, 1.807) is 30.4 Å². The van der Waals surface area contributed by atoms with Gasteiger partial charge in [0.25, 0.3) is 5.91 Å². The molecule has 2 aromatic heterocycles. The summed E-state index contributed by atoms with van der Waals surface area (Å²) in [5, 5.41) is 2.99. The highest BCUT2D eigenvalue weighted by Gasteiger charge is 2.21. The summed E-state index contributed by atoms with van der Waals surface area (Å²) >= 11 is 0. The van der Waals surface area contributed by atoms with E-state index in [0.29, 0.717) is 31.9 Å². The van der Waals surface area contributed by atoms with E-state index in [1.807, 2.05) is 12.1 Å². The average molecular weight is 357 g/mol. The van der Waals surface area contributed by atoms with Gasteiger partial charge >= 0.3 is 0 Å². The molecule has 0 aromatic carbocycles. The third kappa shape index (κ3) is 4.76. The van der Waals surface area contributed by atoms with Crippen molar-refractivity contribution < 1.29 is 14.3 Å². The Morgan fingerprint density at radius 3 is 2.62 bits per heavy atom. The highest BCUT2D eigenvalue weighted by atomic mass is 16.5. The van der Waals surface area contributed by atoms with Crippen molar-refractivity contribution in [3.05, 3.63) is 36.2 Å². The number of morpholine rings is 1. The van der Waals surface area contributed by atoms with Gasteiger partial charge in [0.05, 0.1) is 18.8 Å². The molecule has 0 bridgehead atoms. The Morgan fingerprint density at radius 2 is 1.96 bits per heavy atom. The second-order valence-corrected chi connectivity index (χ2v) is 5.48. The van der Waals surface area contributed by atoms with E-state index in [-0.39, 0.29) is 11.7 Å². The number of rotatable bonds is 3. The van der Waals surface area contributed by atoms with Crippen molar-refractivity contribution in [3.63, 3.8) is 0 Å². The topological polar surface area (TPSA) is 110 Å². The van der Waals surface area contributed by atoms with Crippen molar-refractivity contribution >= 4 is 23.8 Å². The van der Waals surface area contributed by atoms with Crippen LogP contribution in [0.5, 0.6) is 0 Å². The molecule has 0 unspecified atom stereocenters. The number of aldehydes is 1. The molecule has 26 heavy (non-hydrogen) atoms. The number of pyridine rings is 2. The van der Waals surface area contributed by atoms with Gasteiger partial charge in [-0.15, -0.1) is 0 Å². The fraction of sp³-hybridized carbons (Fsp3) is 0.333. The summed E-state index contributed by atoms with van der Waals surface area (Å²) in [6.07, 6.45) is 4.13. The van der Waals surface area contributed by atoms with Crippen molar-refractivity contribution in [2.45, 2.75) is 6.92 Å². The van der Waals surface area contributed by atoms with Gasteiger partial charge in [-0.05, 0) is 30.7 Å². The van der Waals surface area contributed by atoms with Crippen LogP contribution >= 0.6 is 0 Å². The molecule has 1 saturated heterocycles. The minimum atomic E-state index is -0.108. The predicted molar refractivity (Wildman–Crippen MR) is 99.9 cm³/mol. The van der Waals surface area contributed by atoms with E-state index in [0.717, 1.165) is 23.2 Å². The van der Waals surface area contributed by atoms with Crippen LogP contribution in [-0.2, 0) is 9.53 Å². The molecule has 138 valence electrons.